The second-order valence-electron chi connectivity index (χ2n) is 5.96. The molecule has 24 heavy (non-hydrogen) atoms. The number of ether oxygens (including phenoxy) is 1. The van der Waals surface area contributed by atoms with Crippen LogP contribution in [-0.2, 0) is 22.4 Å². The molecule has 0 fully saturated rings. The molecule has 128 valence electrons. The van der Waals surface area contributed by atoms with E-state index in [2.05, 4.69) is 19.8 Å². The van der Waals surface area contributed by atoms with E-state index in [9.17, 15) is 13.2 Å². The van der Waals surface area contributed by atoms with Gasteiger partial charge in [0.2, 0.25) is 11.7 Å². The van der Waals surface area contributed by atoms with Crippen molar-refractivity contribution in [2.75, 3.05) is 6.61 Å². The zero-order chi connectivity index (χ0) is 17.4. The molecule has 0 amide bonds. The lowest BCUT2D eigenvalue weighted by molar-refractivity contribution is -0.159. The Morgan fingerprint density at radius 3 is 2.46 bits per heavy atom. The normalized spacial score (nSPS) is 16.6. The molecule has 2 heterocycles. The minimum atomic E-state index is -4.66. The Morgan fingerprint density at radius 1 is 1.21 bits per heavy atom. The monoisotopic (exact) mass is 341 g/mol. The summed E-state index contributed by atoms with van der Waals surface area (Å²) in [7, 11) is 0. The molecule has 0 atom stereocenters. The van der Waals surface area contributed by atoms with Gasteiger partial charge in [-0.15, -0.1) is 0 Å². The number of rotatable bonds is 3. The number of hydrogen-bond donors (Lipinski definition) is 0. The molecular weight excluding hydrogens is 327 g/mol. The van der Waals surface area contributed by atoms with Crippen LogP contribution in [0.2, 0.25) is 0 Å². The van der Waals surface area contributed by atoms with E-state index in [1.807, 2.05) is 13.8 Å². The van der Waals surface area contributed by atoms with Gasteiger partial charge in [-0.2, -0.15) is 18.2 Å². The van der Waals surface area contributed by atoms with Gasteiger partial charge in [0.05, 0.1) is 5.41 Å². The lowest BCUT2D eigenvalue weighted by Crippen LogP contribution is -2.25. The molecule has 3 rings (SSSR count). The first kappa shape index (κ1) is 16.3. The van der Waals surface area contributed by atoms with Gasteiger partial charge in [-0.05, 0) is 19.4 Å². The van der Waals surface area contributed by atoms with Crippen LogP contribution >= 0.6 is 0 Å². The fourth-order valence-corrected chi connectivity index (χ4v) is 2.02. The summed E-state index contributed by atoms with van der Waals surface area (Å²) in [5.74, 6) is -0.976. The van der Waals surface area contributed by atoms with Gasteiger partial charge in [-0.25, -0.2) is 0 Å². The molecule has 1 aliphatic rings. The Hall–Kier alpha value is -2.58. The predicted molar refractivity (Wildman–Crippen MR) is 76.7 cm³/mol. The SMILES string of the molecule is CC1(C)CON=C1OCc1ccc(-c2noc(C(F)(F)F)n2)cc1. The number of alkyl halides is 3. The molecule has 0 saturated heterocycles. The standard InChI is InChI=1S/C15H14F3N3O3/c1-14(2)8-23-21-12(14)22-7-9-3-5-10(6-4-9)11-19-13(24-20-11)15(16,17)18/h3-6H,7-8H2,1-2H3. The lowest BCUT2D eigenvalue weighted by Gasteiger charge is -2.16. The van der Waals surface area contributed by atoms with E-state index in [1.165, 1.54) is 0 Å². The average Bonchev–Trinajstić information content (AvgIpc) is 3.12. The third-order valence-electron chi connectivity index (χ3n) is 3.41. The smallest absolute Gasteiger partial charge is 0.471 e. The van der Waals surface area contributed by atoms with Crippen LogP contribution in [0.4, 0.5) is 13.2 Å². The van der Waals surface area contributed by atoms with Crippen LogP contribution in [0.25, 0.3) is 11.4 Å². The van der Waals surface area contributed by atoms with Crippen LogP contribution in [0.1, 0.15) is 25.3 Å². The fourth-order valence-electron chi connectivity index (χ4n) is 2.02. The first-order chi connectivity index (χ1) is 11.3. The number of halogens is 3. The zero-order valence-electron chi connectivity index (χ0n) is 12.9. The minimum absolute atomic E-state index is 0.121. The first-order valence-corrected chi connectivity index (χ1v) is 7.09. The summed E-state index contributed by atoms with van der Waals surface area (Å²) in [5, 5.41) is 7.19. The van der Waals surface area contributed by atoms with Gasteiger partial charge in [-0.1, -0.05) is 34.6 Å². The molecule has 0 bridgehead atoms. The molecule has 1 aromatic carbocycles. The summed E-state index contributed by atoms with van der Waals surface area (Å²) >= 11 is 0. The summed E-state index contributed by atoms with van der Waals surface area (Å²) in [6.07, 6.45) is -4.66. The number of nitrogens with zero attached hydrogens (tertiary/aromatic N) is 3. The molecule has 6 nitrogen and oxygen atoms in total. The number of aromatic nitrogens is 2. The largest absolute Gasteiger partial charge is 0.473 e. The predicted octanol–water partition coefficient (Wildman–Crippen LogP) is 3.64. The Bertz CT molecular complexity index is 751. The number of benzene rings is 1. The summed E-state index contributed by atoms with van der Waals surface area (Å²) in [5.41, 5.74) is 0.960. The third-order valence-corrected chi connectivity index (χ3v) is 3.41. The second-order valence-corrected chi connectivity index (χ2v) is 5.96. The molecule has 0 aliphatic carbocycles. The maximum Gasteiger partial charge on any atom is 0.471 e. The Balaban J connectivity index is 1.66. The van der Waals surface area contributed by atoms with Crippen molar-refractivity contribution in [3.63, 3.8) is 0 Å². The number of oxime groups is 1. The molecule has 1 aromatic heterocycles. The van der Waals surface area contributed by atoms with Crippen LogP contribution < -0.4 is 0 Å². The summed E-state index contributed by atoms with van der Waals surface area (Å²) in [6, 6.07) is 6.62. The van der Waals surface area contributed by atoms with Crippen molar-refractivity contribution in [1.29, 1.82) is 0 Å². The zero-order valence-corrected chi connectivity index (χ0v) is 12.9. The maximum atomic E-state index is 12.5. The Morgan fingerprint density at radius 2 is 1.92 bits per heavy atom. The van der Waals surface area contributed by atoms with Crippen LogP contribution in [0, 0.1) is 5.41 Å². The highest BCUT2D eigenvalue weighted by Gasteiger charge is 2.38. The molecule has 0 spiro atoms. The molecule has 2 aromatic rings. The van der Waals surface area contributed by atoms with Crippen LogP contribution in [0.15, 0.2) is 33.9 Å². The van der Waals surface area contributed by atoms with E-state index in [0.29, 0.717) is 18.1 Å². The molecule has 0 saturated carbocycles. The quantitative estimate of drug-likeness (QED) is 0.852. The van der Waals surface area contributed by atoms with Crippen LogP contribution in [-0.4, -0.2) is 22.6 Å². The highest BCUT2D eigenvalue weighted by molar-refractivity contribution is 5.82. The van der Waals surface area contributed by atoms with Gasteiger partial charge in [0.1, 0.15) is 13.2 Å². The van der Waals surface area contributed by atoms with Gasteiger partial charge in [0.15, 0.2) is 0 Å². The average molecular weight is 341 g/mol. The van der Waals surface area contributed by atoms with E-state index in [-0.39, 0.29) is 17.8 Å². The van der Waals surface area contributed by atoms with Crippen molar-refractivity contribution in [3.8, 4) is 11.4 Å². The summed E-state index contributed by atoms with van der Waals surface area (Å²) in [6.45, 7) is 4.64. The molecule has 9 heteroatoms. The van der Waals surface area contributed by atoms with Crippen LogP contribution in [0.3, 0.4) is 0 Å². The van der Waals surface area contributed by atoms with E-state index < -0.39 is 12.1 Å². The van der Waals surface area contributed by atoms with Crippen molar-refractivity contribution in [2.24, 2.45) is 10.6 Å². The van der Waals surface area contributed by atoms with Gasteiger partial charge >= 0.3 is 12.1 Å². The molecule has 0 unspecified atom stereocenters. The summed E-state index contributed by atoms with van der Waals surface area (Å²) in [4.78, 5) is 8.35. The van der Waals surface area contributed by atoms with Gasteiger partial charge < -0.3 is 14.1 Å². The van der Waals surface area contributed by atoms with Crippen molar-refractivity contribution in [3.05, 3.63) is 35.7 Å². The lowest BCUT2D eigenvalue weighted by atomic mass is 9.95. The topological polar surface area (TPSA) is 69.7 Å². The Kier molecular flexibility index (Phi) is 3.94. The highest BCUT2D eigenvalue weighted by atomic mass is 19.4. The molecular formula is C15H14F3N3O3. The molecule has 0 N–H and O–H groups in total. The second kappa shape index (κ2) is 5.81. The summed E-state index contributed by atoms with van der Waals surface area (Å²) < 4.78 is 47.2. The van der Waals surface area contributed by atoms with Crippen molar-refractivity contribution >= 4 is 5.90 Å². The molecule has 1 aliphatic heterocycles. The first-order valence-electron chi connectivity index (χ1n) is 7.09. The third kappa shape index (κ3) is 3.34. The van der Waals surface area contributed by atoms with E-state index in [4.69, 9.17) is 9.57 Å². The van der Waals surface area contributed by atoms with Crippen molar-refractivity contribution < 1.29 is 27.3 Å². The van der Waals surface area contributed by atoms with Gasteiger partial charge in [0.25, 0.3) is 0 Å². The minimum Gasteiger partial charge on any atom is -0.473 e. The van der Waals surface area contributed by atoms with Gasteiger partial charge in [0, 0.05) is 5.56 Å². The van der Waals surface area contributed by atoms with E-state index >= 15 is 0 Å². The van der Waals surface area contributed by atoms with Crippen molar-refractivity contribution in [2.45, 2.75) is 26.6 Å². The maximum absolute atomic E-state index is 12.5. The highest BCUT2D eigenvalue weighted by Crippen LogP contribution is 2.29. The van der Waals surface area contributed by atoms with E-state index in [0.717, 1.165) is 5.56 Å². The van der Waals surface area contributed by atoms with E-state index in [1.54, 1.807) is 24.3 Å². The van der Waals surface area contributed by atoms with Crippen molar-refractivity contribution in [1.82, 2.24) is 10.1 Å². The van der Waals surface area contributed by atoms with Gasteiger partial charge in [-0.3, -0.25) is 0 Å². The Labute approximate surface area is 135 Å². The molecule has 0 radical (unpaired) electrons. The number of hydrogen-bond acceptors (Lipinski definition) is 6. The fraction of sp³-hybridized carbons (Fsp3) is 0.400. The van der Waals surface area contributed by atoms with Crippen LogP contribution in [0.5, 0.6) is 0 Å².